The zero-order valence-corrected chi connectivity index (χ0v) is 15.3. The molecule has 0 aliphatic rings. The summed E-state index contributed by atoms with van der Waals surface area (Å²) in [4.78, 5) is 16.5. The van der Waals surface area contributed by atoms with Crippen LogP contribution < -0.4 is 10.6 Å². The predicted octanol–water partition coefficient (Wildman–Crippen LogP) is 4.67. The Labute approximate surface area is 152 Å². The van der Waals surface area contributed by atoms with Crippen molar-refractivity contribution in [3.63, 3.8) is 0 Å². The summed E-state index contributed by atoms with van der Waals surface area (Å²) in [6.07, 6.45) is 1.58. The molecule has 2 heterocycles. The second-order valence-electron chi connectivity index (χ2n) is 7.16. The van der Waals surface area contributed by atoms with Gasteiger partial charge in [-0.3, -0.25) is 4.79 Å². The Morgan fingerprint density at radius 2 is 1.73 bits per heavy atom. The van der Waals surface area contributed by atoms with E-state index in [1.165, 1.54) is 5.56 Å². The molecule has 6 nitrogen and oxygen atoms in total. The van der Waals surface area contributed by atoms with Gasteiger partial charge < -0.3 is 15.2 Å². The molecule has 0 radical (unpaired) electrons. The zero-order chi connectivity index (χ0) is 18.7. The number of aromatic nitrogens is 2. The minimum atomic E-state index is -0.252. The third-order valence-electron chi connectivity index (χ3n) is 3.91. The van der Waals surface area contributed by atoms with Crippen LogP contribution in [0.5, 0.6) is 0 Å². The number of carbonyl (C=O) groups excluding carboxylic acids is 1. The van der Waals surface area contributed by atoms with Crippen LogP contribution in [0.15, 0.2) is 53.2 Å². The Balaban J connectivity index is 1.64. The molecule has 6 heteroatoms. The van der Waals surface area contributed by atoms with Crippen molar-refractivity contribution in [1.82, 2.24) is 10.1 Å². The van der Waals surface area contributed by atoms with Crippen molar-refractivity contribution in [2.75, 3.05) is 10.6 Å². The summed E-state index contributed by atoms with van der Waals surface area (Å²) in [5, 5.41) is 9.78. The summed E-state index contributed by atoms with van der Waals surface area (Å²) >= 11 is 0. The Morgan fingerprint density at radius 1 is 1.04 bits per heavy atom. The molecule has 1 amide bonds. The quantitative estimate of drug-likeness (QED) is 0.714. The molecule has 0 saturated carbocycles. The number of nitrogens with zero attached hydrogens (tertiary/aromatic N) is 2. The van der Waals surface area contributed by atoms with E-state index in [9.17, 15) is 4.79 Å². The first-order valence-corrected chi connectivity index (χ1v) is 8.39. The van der Waals surface area contributed by atoms with Crippen molar-refractivity contribution < 1.29 is 9.32 Å². The maximum Gasteiger partial charge on any atom is 0.274 e. The monoisotopic (exact) mass is 350 g/mol. The molecule has 0 aliphatic heterocycles. The number of hydrogen-bond acceptors (Lipinski definition) is 5. The molecule has 2 N–H and O–H groups in total. The van der Waals surface area contributed by atoms with E-state index in [0.717, 1.165) is 11.4 Å². The van der Waals surface area contributed by atoms with Crippen LogP contribution in [-0.2, 0) is 5.41 Å². The smallest absolute Gasteiger partial charge is 0.274 e. The summed E-state index contributed by atoms with van der Waals surface area (Å²) in [6, 6.07) is 13.1. The van der Waals surface area contributed by atoms with Gasteiger partial charge in [0, 0.05) is 11.8 Å². The van der Waals surface area contributed by atoms with Crippen LogP contribution >= 0.6 is 0 Å². The molecule has 0 aliphatic carbocycles. The van der Waals surface area contributed by atoms with E-state index >= 15 is 0 Å². The van der Waals surface area contributed by atoms with Crippen LogP contribution in [0.25, 0.3) is 0 Å². The third-order valence-corrected chi connectivity index (χ3v) is 3.91. The summed E-state index contributed by atoms with van der Waals surface area (Å²) < 4.78 is 5.00. The van der Waals surface area contributed by atoms with E-state index in [1.54, 1.807) is 24.4 Å². The molecule has 3 aromatic rings. The first-order valence-electron chi connectivity index (χ1n) is 8.39. The average molecular weight is 350 g/mol. The maximum atomic E-state index is 12.3. The first kappa shape index (κ1) is 17.7. The minimum absolute atomic E-state index is 0.0787. The number of pyridine rings is 1. The van der Waals surface area contributed by atoms with Gasteiger partial charge >= 0.3 is 0 Å². The van der Waals surface area contributed by atoms with E-state index in [0.29, 0.717) is 17.3 Å². The third kappa shape index (κ3) is 4.27. The van der Waals surface area contributed by atoms with Gasteiger partial charge in [0.05, 0.1) is 11.9 Å². The van der Waals surface area contributed by atoms with Crippen molar-refractivity contribution in [3.8, 4) is 0 Å². The zero-order valence-electron chi connectivity index (χ0n) is 15.3. The Hall–Kier alpha value is -3.15. The number of benzene rings is 1. The number of aryl methyl sites for hydroxylation is 1. The van der Waals surface area contributed by atoms with Gasteiger partial charge in [-0.1, -0.05) is 38.1 Å². The number of anilines is 3. The lowest BCUT2D eigenvalue weighted by molar-refractivity contribution is 0.102. The molecule has 2 aromatic heterocycles. The number of hydrogen-bond donors (Lipinski definition) is 2. The number of carbonyl (C=O) groups is 1. The van der Waals surface area contributed by atoms with Crippen LogP contribution in [0.3, 0.4) is 0 Å². The van der Waals surface area contributed by atoms with Crippen molar-refractivity contribution in [3.05, 3.63) is 65.7 Å². The van der Waals surface area contributed by atoms with Gasteiger partial charge in [0.15, 0.2) is 5.82 Å². The number of nitrogens with one attached hydrogen (secondary N) is 2. The van der Waals surface area contributed by atoms with Crippen LogP contribution in [-0.4, -0.2) is 16.0 Å². The van der Waals surface area contributed by atoms with Crippen LogP contribution in [0.4, 0.5) is 17.2 Å². The SMILES string of the molecule is Cc1cc(Nc2ccc(C(=O)Nc3ccc(C(C)(C)C)cc3)nc2)no1. The highest BCUT2D eigenvalue weighted by Crippen LogP contribution is 2.23. The molecular formula is C20H22N4O2. The van der Waals surface area contributed by atoms with Crippen molar-refractivity contribution in [2.24, 2.45) is 0 Å². The maximum absolute atomic E-state index is 12.3. The molecule has 0 unspecified atom stereocenters. The second-order valence-corrected chi connectivity index (χ2v) is 7.16. The minimum Gasteiger partial charge on any atom is -0.360 e. The first-order chi connectivity index (χ1) is 12.3. The number of rotatable bonds is 4. The molecule has 0 spiro atoms. The summed E-state index contributed by atoms with van der Waals surface area (Å²) in [5.74, 6) is 1.06. The Morgan fingerprint density at radius 3 is 2.27 bits per heavy atom. The molecule has 134 valence electrons. The summed E-state index contributed by atoms with van der Waals surface area (Å²) in [6.45, 7) is 8.28. The Bertz CT molecular complexity index is 891. The van der Waals surface area contributed by atoms with Gasteiger partial charge in [-0.15, -0.1) is 0 Å². The topological polar surface area (TPSA) is 80.0 Å². The molecule has 26 heavy (non-hydrogen) atoms. The van der Waals surface area contributed by atoms with Gasteiger partial charge in [0.2, 0.25) is 0 Å². The van der Waals surface area contributed by atoms with Gasteiger partial charge in [-0.05, 0) is 42.2 Å². The molecule has 0 bridgehead atoms. The fourth-order valence-electron chi connectivity index (χ4n) is 2.42. The van der Waals surface area contributed by atoms with Crippen LogP contribution in [0, 0.1) is 6.92 Å². The van der Waals surface area contributed by atoms with E-state index in [4.69, 9.17) is 4.52 Å². The molecule has 0 fully saturated rings. The van der Waals surface area contributed by atoms with E-state index in [2.05, 4.69) is 41.5 Å². The molecular weight excluding hydrogens is 328 g/mol. The van der Waals surface area contributed by atoms with E-state index in [-0.39, 0.29) is 11.3 Å². The highest BCUT2D eigenvalue weighted by Gasteiger charge is 2.14. The normalized spacial score (nSPS) is 11.2. The molecule has 0 saturated heterocycles. The molecule has 0 atom stereocenters. The fourth-order valence-corrected chi connectivity index (χ4v) is 2.42. The predicted molar refractivity (Wildman–Crippen MR) is 102 cm³/mol. The van der Waals surface area contributed by atoms with Crippen molar-refractivity contribution in [2.45, 2.75) is 33.1 Å². The Kier molecular flexibility index (Phi) is 4.75. The van der Waals surface area contributed by atoms with Crippen LogP contribution in [0.2, 0.25) is 0 Å². The van der Waals surface area contributed by atoms with Gasteiger partial charge in [-0.25, -0.2) is 4.98 Å². The van der Waals surface area contributed by atoms with Gasteiger partial charge in [-0.2, -0.15) is 0 Å². The van der Waals surface area contributed by atoms with Gasteiger partial charge in [0.25, 0.3) is 5.91 Å². The highest BCUT2D eigenvalue weighted by molar-refractivity contribution is 6.02. The van der Waals surface area contributed by atoms with Crippen molar-refractivity contribution >= 4 is 23.1 Å². The van der Waals surface area contributed by atoms with Gasteiger partial charge in [0.1, 0.15) is 11.5 Å². The summed E-state index contributed by atoms with van der Waals surface area (Å²) in [7, 11) is 0. The summed E-state index contributed by atoms with van der Waals surface area (Å²) in [5.41, 5.74) is 3.10. The van der Waals surface area contributed by atoms with E-state index in [1.807, 2.05) is 31.2 Å². The second kappa shape index (κ2) is 7.00. The number of amides is 1. The molecule has 3 rings (SSSR count). The van der Waals surface area contributed by atoms with Crippen LogP contribution in [0.1, 0.15) is 42.6 Å². The fraction of sp³-hybridized carbons (Fsp3) is 0.250. The lowest BCUT2D eigenvalue weighted by Crippen LogP contribution is -2.14. The molecule has 1 aromatic carbocycles. The lowest BCUT2D eigenvalue weighted by atomic mass is 9.87. The average Bonchev–Trinajstić information content (AvgIpc) is 3.00. The highest BCUT2D eigenvalue weighted by atomic mass is 16.5. The largest absolute Gasteiger partial charge is 0.360 e. The van der Waals surface area contributed by atoms with Crippen molar-refractivity contribution in [1.29, 1.82) is 0 Å². The van der Waals surface area contributed by atoms with E-state index < -0.39 is 0 Å². The standard InChI is InChI=1S/C20H22N4O2/c1-13-11-18(24-26-13)22-16-9-10-17(21-12-16)19(25)23-15-7-5-14(6-8-15)20(2,3)4/h5-12H,1-4H3,(H,22,24)(H,23,25). The lowest BCUT2D eigenvalue weighted by Gasteiger charge is -2.19.